The minimum atomic E-state index is -0.0773. The fraction of sp³-hybridized carbons (Fsp3) is 0.273. The van der Waals surface area contributed by atoms with Gasteiger partial charge in [-0.05, 0) is 48.6 Å². The maximum Gasteiger partial charge on any atom is 0.255 e. The molecule has 3 aromatic rings. The molecule has 1 N–H and O–H groups in total. The molecule has 0 unspecified atom stereocenters. The fourth-order valence-electron chi connectivity index (χ4n) is 3.06. The number of carbonyl (C=O) groups is 1. The second kappa shape index (κ2) is 7.56. The van der Waals surface area contributed by atoms with Crippen molar-refractivity contribution < 1.29 is 4.79 Å². The molecule has 134 valence electrons. The lowest BCUT2D eigenvalue weighted by Crippen LogP contribution is -2.15. The largest absolute Gasteiger partial charge is 0.331 e. The topological polar surface area (TPSA) is 46.9 Å². The van der Waals surface area contributed by atoms with E-state index in [9.17, 15) is 4.79 Å². The molecular weight excluding hydrogens is 322 g/mol. The van der Waals surface area contributed by atoms with Crippen LogP contribution in [-0.4, -0.2) is 15.5 Å². The van der Waals surface area contributed by atoms with Gasteiger partial charge in [-0.25, -0.2) is 4.98 Å². The Kier molecular flexibility index (Phi) is 5.21. The van der Waals surface area contributed by atoms with E-state index in [1.54, 1.807) is 6.20 Å². The van der Waals surface area contributed by atoms with Crippen molar-refractivity contribution in [2.75, 3.05) is 5.32 Å². The Morgan fingerprint density at radius 2 is 1.85 bits per heavy atom. The molecule has 4 nitrogen and oxygen atoms in total. The van der Waals surface area contributed by atoms with E-state index < -0.39 is 0 Å². The number of hydrogen-bond acceptors (Lipinski definition) is 2. The normalized spacial score (nSPS) is 11.0. The molecule has 0 bridgehead atoms. The number of para-hydroxylation sites is 1. The third-order valence-corrected chi connectivity index (χ3v) is 4.66. The van der Waals surface area contributed by atoms with Gasteiger partial charge >= 0.3 is 0 Å². The van der Waals surface area contributed by atoms with E-state index in [0.717, 1.165) is 34.7 Å². The Morgan fingerprint density at radius 1 is 1.12 bits per heavy atom. The van der Waals surface area contributed by atoms with Crippen molar-refractivity contribution in [3.05, 3.63) is 82.9 Å². The number of anilines is 1. The predicted molar refractivity (Wildman–Crippen MR) is 106 cm³/mol. The highest BCUT2D eigenvalue weighted by Gasteiger charge is 2.13. The molecule has 3 rings (SSSR count). The minimum absolute atomic E-state index is 0.0773. The third-order valence-electron chi connectivity index (χ3n) is 4.66. The summed E-state index contributed by atoms with van der Waals surface area (Å²) in [7, 11) is 0. The molecule has 1 aromatic heterocycles. The van der Waals surface area contributed by atoms with Crippen molar-refractivity contribution in [3.63, 3.8) is 0 Å². The summed E-state index contributed by atoms with van der Waals surface area (Å²) in [5, 5.41) is 3.10. The number of benzene rings is 2. The number of carbonyl (C=O) groups excluding carboxylic acids is 1. The van der Waals surface area contributed by atoms with Gasteiger partial charge in [-0.2, -0.15) is 0 Å². The molecular formula is C22H25N3O. The van der Waals surface area contributed by atoms with Crippen LogP contribution in [0, 0.1) is 13.8 Å². The number of amides is 1. The van der Waals surface area contributed by atoms with Gasteiger partial charge in [0.2, 0.25) is 0 Å². The number of nitrogens with zero attached hydrogens (tertiary/aromatic N) is 2. The van der Waals surface area contributed by atoms with Crippen LogP contribution in [0.15, 0.2) is 54.9 Å². The number of aromatic nitrogens is 2. The van der Waals surface area contributed by atoms with E-state index in [1.807, 2.05) is 56.4 Å². The standard InChI is InChI=1S/C22H25N3O/c1-15(2)20-7-5-6-16(3)21(20)24-22(26)19-10-8-18(9-11-19)14-25-13-12-23-17(25)4/h5-13,15H,14H2,1-4H3,(H,24,26). The summed E-state index contributed by atoms with van der Waals surface area (Å²) in [4.78, 5) is 16.9. The molecule has 2 aromatic carbocycles. The number of nitrogens with one attached hydrogen (secondary N) is 1. The van der Waals surface area contributed by atoms with E-state index in [2.05, 4.69) is 34.8 Å². The second-order valence-corrected chi connectivity index (χ2v) is 6.95. The van der Waals surface area contributed by atoms with Crippen LogP contribution >= 0.6 is 0 Å². The highest BCUT2D eigenvalue weighted by Crippen LogP contribution is 2.27. The average Bonchev–Trinajstić information content (AvgIpc) is 3.02. The van der Waals surface area contributed by atoms with Crippen LogP contribution in [0.5, 0.6) is 0 Å². The Bertz CT molecular complexity index is 907. The summed E-state index contributed by atoms with van der Waals surface area (Å²) in [6.45, 7) is 9.03. The molecule has 0 fully saturated rings. The smallest absolute Gasteiger partial charge is 0.255 e. The van der Waals surface area contributed by atoms with Crippen molar-refractivity contribution in [1.82, 2.24) is 9.55 Å². The van der Waals surface area contributed by atoms with Crippen molar-refractivity contribution >= 4 is 11.6 Å². The summed E-state index contributed by atoms with van der Waals surface area (Å²) in [6, 6.07) is 13.9. The van der Waals surface area contributed by atoms with Crippen LogP contribution in [0.25, 0.3) is 0 Å². The summed E-state index contributed by atoms with van der Waals surface area (Å²) in [5.41, 5.74) is 4.96. The van der Waals surface area contributed by atoms with Crippen molar-refractivity contribution in [2.24, 2.45) is 0 Å². The van der Waals surface area contributed by atoms with Gasteiger partial charge in [-0.15, -0.1) is 0 Å². The average molecular weight is 347 g/mol. The summed E-state index contributed by atoms with van der Waals surface area (Å²) < 4.78 is 2.08. The molecule has 0 aliphatic heterocycles. The Balaban J connectivity index is 1.76. The molecule has 0 atom stereocenters. The van der Waals surface area contributed by atoms with E-state index in [1.165, 1.54) is 0 Å². The lowest BCUT2D eigenvalue weighted by Gasteiger charge is -2.16. The van der Waals surface area contributed by atoms with Crippen LogP contribution < -0.4 is 5.32 Å². The van der Waals surface area contributed by atoms with Gasteiger partial charge in [0.1, 0.15) is 5.82 Å². The van der Waals surface area contributed by atoms with Crippen molar-refractivity contribution in [1.29, 1.82) is 0 Å². The molecule has 4 heteroatoms. The summed E-state index contributed by atoms with van der Waals surface area (Å²) in [5.74, 6) is 1.25. The zero-order valence-electron chi connectivity index (χ0n) is 15.8. The van der Waals surface area contributed by atoms with Crippen LogP contribution in [0.3, 0.4) is 0 Å². The maximum absolute atomic E-state index is 12.7. The van der Waals surface area contributed by atoms with E-state index in [4.69, 9.17) is 0 Å². The van der Waals surface area contributed by atoms with Gasteiger partial charge in [0.05, 0.1) is 0 Å². The minimum Gasteiger partial charge on any atom is -0.331 e. The number of imidazole rings is 1. The van der Waals surface area contributed by atoms with Gasteiger partial charge in [-0.3, -0.25) is 4.79 Å². The first-order chi connectivity index (χ1) is 12.5. The van der Waals surface area contributed by atoms with Gasteiger partial charge in [0.25, 0.3) is 5.91 Å². The highest BCUT2D eigenvalue weighted by molar-refractivity contribution is 6.05. The Morgan fingerprint density at radius 3 is 2.46 bits per heavy atom. The third kappa shape index (κ3) is 3.85. The molecule has 0 spiro atoms. The van der Waals surface area contributed by atoms with Crippen LogP contribution in [-0.2, 0) is 6.54 Å². The molecule has 1 heterocycles. The SMILES string of the molecule is Cc1cccc(C(C)C)c1NC(=O)c1ccc(Cn2ccnc2C)cc1. The maximum atomic E-state index is 12.7. The first-order valence-electron chi connectivity index (χ1n) is 8.93. The monoisotopic (exact) mass is 347 g/mol. The second-order valence-electron chi connectivity index (χ2n) is 6.95. The summed E-state index contributed by atoms with van der Waals surface area (Å²) >= 11 is 0. The van der Waals surface area contributed by atoms with Gasteiger partial charge in [0, 0.05) is 30.2 Å². The molecule has 1 amide bonds. The number of rotatable bonds is 5. The van der Waals surface area contributed by atoms with Crippen molar-refractivity contribution in [2.45, 2.75) is 40.2 Å². The molecule has 0 aliphatic rings. The Hall–Kier alpha value is -2.88. The first kappa shape index (κ1) is 17.9. The van der Waals surface area contributed by atoms with E-state index in [-0.39, 0.29) is 5.91 Å². The zero-order chi connectivity index (χ0) is 18.7. The number of aryl methyl sites for hydroxylation is 2. The van der Waals surface area contributed by atoms with Crippen LogP contribution in [0.1, 0.15) is 52.6 Å². The van der Waals surface area contributed by atoms with Gasteiger partial charge < -0.3 is 9.88 Å². The number of hydrogen-bond donors (Lipinski definition) is 1. The highest BCUT2D eigenvalue weighted by atomic mass is 16.1. The lowest BCUT2D eigenvalue weighted by molar-refractivity contribution is 0.102. The van der Waals surface area contributed by atoms with Crippen LogP contribution in [0.4, 0.5) is 5.69 Å². The van der Waals surface area contributed by atoms with Crippen LogP contribution in [0.2, 0.25) is 0 Å². The quantitative estimate of drug-likeness (QED) is 0.712. The zero-order valence-corrected chi connectivity index (χ0v) is 15.8. The van der Waals surface area contributed by atoms with Crippen molar-refractivity contribution in [3.8, 4) is 0 Å². The summed E-state index contributed by atoms with van der Waals surface area (Å²) in [6.07, 6.45) is 3.76. The molecule has 0 saturated carbocycles. The molecule has 26 heavy (non-hydrogen) atoms. The van der Waals surface area contributed by atoms with Gasteiger partial charge in [0.15, 0.2) is 0 Å². The predicted octanol–water partition coefficient (Wildman–Crippen LogP) is 4.92. The first-order valence-corrected chi connectivity index (χ1v) is 8.93. The molecule has 0 aliphatic carbocycles. The lowest BCUT2D eigenvalue weighted by atomic mass is 9.98. The molecule has 0 saturated heterocycles. The Labute approximate surface area is 154 Å². The van der Waals surface area contributed by atoms with E-state index in [0.29, 0.717) is 11.5 Å². The fourth-order valence-corrected chi connectivity index (χ4v) is 3.06. The van der Waals surface area contributed by atoms with Gasteiger partial charge in [-0.1, -0.05) is 44.2 Å². The van der Waals surface area contributed by atoms with E-state index >= 15 is 0 Å². The molecule has 0 radical (unpaired) electrons.